The highest BCUT2D eigenvalue weighted by Gasteiger charge is 2.29. The average Bonchev–Trinajstić information content (AvgIpc) is 2.95. The van der Waals surface area contributed by atoms with Gasteiger partial charge in [-0.2, -0.15) is 0 Å². The van der Waals surface area contributed by atoms with E-state index < -0.39 is 0 Å². The number of carbonyl (C=O) groups is 1. The molecular weight excluding hydrogens is 256 g/mol. The maximum atomic E-state index is 12.1. The molecule has 1 aromatic rings. The van der Waals surface area contributed by atoms with Gasteiger partial charge in [0.1, 0.15) is 0 Å². The lowest BCUT2D eigenvalue weighted by Gasteiger charge is -2.12. The summed E-state index contributed by atoms with van der Waals surface area (Å²) in [6.07, 6.45) is 7.29. The maximum Gasteiger partial charge on any atom is 0.247 e. The molecule has 0 aromatic carbocycles. The van der Waals surface area contributed by atoms with Crippen LogP contribution in [0.3, 0.4) is 0 Å². The number of nitrogens with one attached hydrogen (secondary N) is 1. The highest BCUT2D eigenvalue weighted by atomic mass is 32.1. The van der Waals surface area contributed by atoms with Gasteiger partial charge in [0.25, 0.3) is 0 Å². The van der Waals surface area contributed by atoms with Crippen molar-refractivity contribution in [1.29, 1.82) is 0 Å². The maximum absolute atomic E-state index is 12.1. The summed E-state index contributed by atoms with van der Waals surface area (Å²) in [6, 6.07) is 0.305. The quantitative estimate of drug-likeness (QED) is 0.916. The number of rotatable bonds is 4. The van der Waals surface area contributed by atoms with Crippen molar-refractivity contribution in [3.8, 4) is 0 Å². The van der Waals surface area contributed by atoms with E-state index in [0.717, 1.165) is 28.3 Å². The molecule has 1 atom stereocenters. The van der Waals surface area contributed by atoms with Gasteiger partial charge in [-0.05, 0) is 50.7 Å². The smallest absolute Gasteiger partial charge is 0.247 e. The molecule has 1 N–H and O–H groups in total. The lowest BCUT2D eigenvalue weighted by Crippen LogP contribution is -2.34. The molecule has 3 rings (SSSR count). The fourth-order valence-corrected chi connectivity index (χ4v) is 2.99. The van der Waals surface area contributed by atoms with Crippen molar-refractivity contribution in [2.75, 3.05) is 0 Å². The fourth-order valence-electron chi connectivity index (χ4n) is 2.37. The van der Waals surface area contributed by atoms with E-state index in [4.69, 9.17) is 0 Å². The molecule has 2 aliphatic rings. The van der Waals surface area contributed by atoms with Crippen molar-refractivity contribution in [1.82, 2.24) is 10.3 Å². The van der Waals surface area contributed by atoms with Crippen LogP contribution in [0.2, 0.25) is 0 Å². The second-order valence-electron chi connectivity index (χ2n) is 5.38. The third kappa shape index (κ3) is 2.78. The van der Waals surface area contributed by atoms with Crippen LogP contribution in [0.15, 0.2) is 23.1 Å². The highest BCUT2D eigenvalue weighted by molar-refractivity contribution is 7.09. The second kappa shape index (κ2) is 4.93. The van der Waals surface area contributed by atoms with Gasteiger partial charge in [-0.3, -0.25) is 4.79 Å². The molecule has 1 amide bonds. The normalized spacial score (nSPS) is 19.9. The number of hydrogen-bond donors (Lipinski definition) is 1. The summed E-state index contributed by atoms with van der Waals surface area (Å²) in [5.74, 6) is 0.775. The van der Waals surface area contributed by atoms with Crippen LogP contribution in [0.25, 0.3) is 5.57 Å². The Morgan fingerprint density at radius 3 is 2.95 bits per heavy atom. The van der Waals surface area contributed by atoms with Gasteiger partial charge in [0.05, 0.1) is 10.7 Å². The van der Waals surface area contributed by atoms with Crippen LogP contribution < -0.4 is 5.32 Å². The van der Waals surface area contributed by atoms with E-state index >= 15 is 0 Å². The largest absolute Gasteiger partial charge is 0.350 e. The van der Waals surface area contributed by atoms with E-state index in [1.165, 1.54) is 12.8 Å². The molecule has 0 saturated heterocycles. The number of nitrogens with zero attached hydrogens (tertiary/aromatic N) is 1. The highest BCUT2D eigenvalue weighted by Crippen LogP contribution is 2.33. The summed E-state index contributed by atoms with van der Waals surface area (Å²) in [5.41, 5.74) is 2.92. The average molecular weight is 274 g/mol. The van der Waals surface area contributed by atoms with Crippen molar-refractivity contribution in [2.24, 2.45) is 5.92 Å². The Morgan fingerprint density at radius 1 is 1.53 bits per heavy atom. The Hall–Kier alpha value is -1.42. The Labute approximate surface area is 117 Å². The van der Waals surface area contributed by atoms with Crippen molar-refractivity contribution < 1.29 is 4.79 Å². The number of hydrogen-bond acceptors (Lipinski definition) is 3. The summed E-state index contributed by atoms with van der Waals surface area (Å²) in [4.78, 5) is 16.6. The van der Waals surface area contributed by atoms with Crippen LogP contribution in [0.4, 0.5) is 0 Å². The summed E-state index contributed by atoms with van der Waals surface area (Å²) < 4.78 is 0. The SMILES string of the molecule is Cc1nc(C2=CCC(C(=O)NC(C)C3CC3)=C2)cs1. The minimum atomic E-state index is 0.0811. The summed E-state index contributed by atoms with van der Waals surface area (Å²) in [5, 5.41) is 6.21. The predicted octanol–water partition coefficient (Wildman–Crippen LogP) is 3.08. The molecule has 0 aliphatic heterocycles. The molecule has 19 heavy (non-hydrogen) atoms. The Bertz CT molecular complexity index is 566. The molecule has 2 aliphatic carbocycles. The lowest BCUT2D eigenvalue weighted by molar-refractivity contribution is -0.118. The molecule has 100 valence electrons. The van der Waals surface area contributed by atoms with E-state index in [1.807, 2.05) is 18.4 Å². The van der Waals surface area contributed by atoms with E-state index in [2.05, 4.69) is 23.3 Å². The van der Waals surface area contributed by atoms with Crippen molar-refractivity contribution >= 4 is 22.8 Å². The topological polar surface area (TPSA) is 42.0 Å². The van der Waals surface area contributed by atoms with Crippen molar-refractivity contribution in [3.05, 3.63) is 33.8 Å². The minimum absolute atomic E-state index is 0.0811. The molecule has 1 fully saturated rings. The molecule has 0 spiro atoms. The number of carbonyl (C=O) groups excluding carboxylic acids is 1. The monoisotopic (exact) mass is 274 g/mol. The van der Waals surface area contributed by atoms with Gasteiger partial charge >= 0.3 is 0 Å². The van der Waals surface area contributed by atoms with E-state index in [0.29, 0.717) is 12.0 Å². The van der Waals surface area contributed by atoms with Crippen LogP contribution in [0, 0.1) is 12.8 Å². The van der Waals surface area contributed by atoms with E-state index in [1.54, 1.807) is 11.3 Å². The number of thiazole rings is 1. The van der Waals surface area contributed by atoms with Gasteiger partial charge in [-0.15, -0.1) is 11.3 Å². The molecule has 4 heteroatoms. The first kappa shape index (κ1) is 12.6. The summed E-state index contributed by atoms with van der Waals surface area (Å²) in [6.45, 7) is 4.10. The van der Waals surface area contributed by atoms with Crippen LogP contribution in [0.5, 0.6) is 0 Å². The van der Waals surface area contributed by atoms with Gasteiger partial charge in [0, 0.05) is 17.0 Å². The number of aromatic nitrogens is 1. The molecule has 1 unspecified atom stereocenters. The zero-order valence-corrected chi connectivity index (χ0v) is 12.1. The molecule has 3 nitrogen and oxygen atoms in total. The van der Waals surface area contributed by atoms with Crippen molar-refractivity contribution in [2.45, 2.75) is 39.2 Å². The lowest BCUT2D eigenvalue weighted by atomic mass is 10.1. The first-order valence-corrected chi connectivity index (χ1v) is 7.65. The van der Waals surface area contributed by atoms with Crippen LogP contribution >= 0.6 is 11.3 Å². The van der Waals surface area contributed by atoms with Gasteiger partial charge < -0.3 is 5.32 Å². The zero-order valence-electron chi connectivity index (χ0n) is 11.3. The summed E-state index contributed by atoms with van der Waals surface area (Å²) in [7, 11) is 0. The standard InChI is InChI=1S/C15H18N2OS/c1-9(11-3-4-11)16-15(18)13-6-5-12(7-13)14-8-19-10(2)17-14/h5,7-9,11H,3-4,6H2,1-2H3,(H,16,18). The third-order valence-electron chi connectivity index (χ3n) is 3.77. The molecule has 0 bridgehead atoms. The summed E-state index contributed by atoms with van der Waals surface area (Å²) >= 11 is 1.64. The van der Waals surface area contributed by atoms with Crippen LogP contribution in [-0.4, -0.2) is 16.9 Å². The molecule has 1 saturated carbocycles. The minimum Gasteiger partial charge on any atom is -0.350 e. The second-order valence-corrected chi connectivity index (χ2v) is 6.45. The van der Waals surface area contributed by atoms with Gasteiger partial charge in [-0.1, -0.05) is 6.08 Å². The van der Waals surface area contributed by atoms with E-state index in [-0.39, 0.29) is 5.91 Å². The predicted molar refractivity (Wildman–Crippen MR) is 77.9 cm³/mol. The first-order valence-electron chi connectivity index (χ1n) is 6.77. The van der Waals surface area contributed by atoms with Gasteiger partial charge in [0.15, 0.2) is 0 Å². The number of allylic oxidation sites excluding steroid dienone is 3. The Balaban J connectivity index is 1.65. The van der Waals surface area contributed by atoms with Crippen LogP contribution in [-0.2, 0) is 4.79 Å². The van der Waals surface area contributed by atoms with Crippen molar-refractivity contribution in [3.63, 3.8) is 0 Å². The Morgan fingerprint density at radius 2 is 2.32 bits per heavy atom. The molecule has 0 radical (unpaired) electrons. The fraction of sp³-hybridized carbons (Fsp3) is 0.467. The van der Waals surface area contributed by atoms with E-state index in [9.17, 15) is 4.79 Å². The third-order valence-corrected chi connectivity index (χ3v) is 4.54. The molecule has 1 aromatic heterocycles. The zero-order chi connectivity index (χ0) is 13.4. The number of amides is 1. The molecular formula is C15H18N2OS. The molecule has 1 heterocycles. The number of aryl methyl sites for hydroxylation is 1. The van der Waals surface area contributed by atoms with Crippen LogP contribution in [0.1, 0.15) is 36.9 Å². The van der Waals surface area contributed by atoms with Gasteiger partial charge in [0.2, 0.25) is 5.91 Å². The first-order chi connectivity index (χ1) is 9.13. The Kier molecular flexibility index (Phi) is 3.27. The van der Waals surface area contributed by atoms with Gasteiger partial charge in [-0.25, -0.2) is 4.98 Å².